The first-order valence-corrected chi connectivity index (χ1v) is 6.40. The van der Waals surface area contributed by atoms with Crippen LogP contribution in [0.5, 0.6) is 5.75 Å². The molecule has 0 bridgehead atoms. The fourth-order valence-electron chi connectivity index (χ4n) is 1.64. The van der Waals surface area contributed by atoms with E-state index < -0.39 is 5.82 Å². The number of hydrogen-bond donors (Lipinski definition) is 2. The van der Waals surface area contributed by atoms with Crippen LogP contribution >= 0.6 is 0 Å². The number of benzene rings is 1. The molecule has 1 heterocycles. The van der Waals surface area contributed by atoms with Crippen molar-refractivity contribution >= 4 is 17.5 Å². The van der Waals surface area contributed by atoms with Crippen molar-refractivity contribution in [3.05, 3.63) is 36.3 Å². The highest BCUT2D eigenvalue weighted by atomic mass is 19.1. The first-order chi connectivity index (χ1) is 9.72. The van der Waals surface area contributed by atoms with Crippen LogP contribution in [0.4, 0.5) is 21.8 Å². The van der Waals surface area contributed by atoms with E-state index in [1.165, 1.54) is 13.2 Å². The zero-order valence-electron chi connectivity index (χ0n) is 11.5. The molecule has 2 rings (SSSR count). The van der Waals surface area contributed by atoms with E-state index in [-0.39, 0.29) is 5.75 Å². The third-order valence-corrected chi connectivity index (χ3v) is 2.61. The van der Waals surface area contributed by atoms with Gasteiger partial charge in [0.2, 0.25) is 5.95 Å². The number of halogens is 1. The Morgan fingerprint density at radius 3 is 2.85 bits per heavy atom. The van der Waals surface area contributed by atoms with Gasteiger partial charge in [-0.2, -0.15) is 4.98 Å². The zero-order chi connectivity index (χ0) is 14.4. The van der Waals surface area contributed by atoms with Crippen molar-refractivity contribution in [2.75, 3.05) is 24.3 Å². The molecule has 0 aliphatic carbocycles. The van der Waals surface area contributed by atoms with Gasteiger partial charge in [0.15, 0.2) is 11.6 Å². The second-order valence-corrected chi connectivity index (χ2v) is 4.17. The Bertz CT molecular complexity index is 577. The lowest BCUT2D eigenvalue weighted by atomic mass is 10.3. The van der Waals surface area contributed by atoms with Gasteiger partial charge < -0.3 is 15.4 Å². The van der Waals surface area contributed by atoms with Gasteiger partial charge in [-0.3, -0.25) is 0 Å². The van der Waals surface area contributed by atoms with Gasteiger partial charge in [-0.1, -0.05) is 6.92 Å². The number of ether oxygens (including phenoxy) is 1. The molecule has 0 spiro atoms. The average molecular weight is 276 g/mol. The van der Waals surface area contributed by atoms with Crippen LogP contribution in [0.15, 0.2) is 30.5 Å². The maximum absolute atomic E-state index is 13.6. The van der Waals surface area contributed by atoms with E-state index >= 15 is 0 Å². The Balaban J connectivity index is 2.11. The summed E-state index contributed by atoms with van der Waals surface area (Å²) in [4.78, 5) is 8.40. The summed E-state index contributed by atoms with van der Waals surface area (Å²) in [6.07, 6.45) is 2.64. The molecule has 5 nitrogen and oxygen atoms in total. The third-order valence-electron chi connectivity index (χ3n) is 2.61. The lowest BCUT2D eigenvalue weighted by molar-refractivity contribution is 0.386. The Morgan fingerprint density at radius 1 is 1.30 bits per heavy atom. The number of rotatable bonds is 6. The van der Waals surface area contributed by atoms with Crippen LogP contribution in [0.25, 0.3) is 0 Å². The van der Waals surface area contributed by atoms with Crippen LogP contribution in [-0.4, -0.2) is 23.6 Å². The maximum atomic E-state index is 13.6. The molecule has 2 N–H and O–H groups in total. The molecule has 6 heteroatoms. The topological polar surface area (TPSA) is 59.1 Å². The Labute approximate surface area is 117 Å². The summed E-state index contributed by atoms with van der Waals surface area (Å²) >= 11 is 0. The number of nitrogens with one attached hydrogen (secondary N) is 2. The SMILES string of the molecule is CCCNc1nccc(Nc2ccc(OC)c(F)c2)n1. The van der Waals surface area contributed by atoms with Crippen molar-refractivity contribution in [1.82, 2.24) is 9.97 Å². The van der Waals surface area contributed by atoms with Crippen LogP contribution in [0.1, 0.15) is 13.3 Å². The molecule has 1 aromatic heterocycles. The Hall–Kier alpha value is -2.37. The summed E-state index contributed by atoms with van der Waals surface area (Å²) in [7, 11) is 1.43. The fourth-order valence-corrected chi connectivity index (χ4v) is 1.64. The molecule has 0 unspecified atom stereocenters. The van der Waals surface area contributed by atoms with Crippen LogP contribution in [0.2, 0.25) is 0 Å². The molecule has 20 heavy (non-hydrogen) atoms. The minimum Gasteiger partial charge on any atom is -0.494 e. The molecule has 0 amide bonds. The van der Waals surface area contributed by atoms with Gasteiger partial charge in [-0.05, 0) is 24.6 Å². The van der Waals surface area contributed by atoms with E-state index in [0.717, 1.165) is 13.0 Å². The van der Waals surface area contributed by atoms with Crippen LogP contribution in [0, 0.1) is 5.82 Å². The first kappa shape index (κ1) is 14.0. The van der Waals surface area contributed by atoms with Gasteiger partial charge in [0.1, 0.15) is 5.82 Å². The van der Waals surface area contributed by atoms with Crippen molar-refractivity contribution in [1.29, 1.82) is 0 Å². The minimum absolute atomic E-state index is 0.212. The number of methoxy groups -OCH3 is 1. The number of aromatic nitrogens is 2. The average Bonchev–Trinajstić information content (AvgIpc) is 2.46. The predicted octanol–water partition coefficient (Wildman–Crippen LogP) is 3.19. The van der Waals surface area contributed by atoms with E-state index in [2.05, 4.69) is 27.5 Å². The second kappa shape index (κ2) is 6.70. The maximum Gasteiger partial charge on any atom is 0.224 e. The summed E-state index contributed by atoms with van der Waals surface area (Å²) in [5.41, 5.74) is 0.600. The third kappa shape index (κ3) is 3.57. The van der Waals surface area contributed by atoms with E-state index in [1.54, 1.807) is 24.4 Å². The second-order valence-electron chi connectivity index (χ2n) is 4.17. The molecule has 0 fully saturated rings. The summed E-state index contributed by atoms with van der Waals surface area (Å²) in [5.74, 6) is 0.938. The summed E-state index contributed by atoms with van der Waals surface area (Å²) in [6.45, 7) is 2.87. The first-order valence-electron chi connectivity index (χ1n) is 6.40. The standard InChI is InChI=1S/C14H17FN4O/c1-3-7-16-14-17-8-6-13(19-14)18-10-4-5-12(20-2)11(15)9-10/h4-6,8-9H,3,7H2,1-2H3,(H2,16,17,18,19). The monoisotopic (exact) mass is 276 g/mol. The Kier molecular flexibility index (Phi) is 4.70. The van der Waals surface area contributed by atoms with Crippen LogP contribution in [0.3, 0.4) is 0 Å². The Morgan fingerprint density at radius 2 is 2.15 bits per heavy atom. The molecule has 0 atom stereocenters. The molecule has 0 saturated carbocycles. The van der Waals surface area contributed by atoms with Crippen molar-refractivity contribution < 1.29 is 9.13 Å². The molecule has 0 aliphatic heterocycles. The number of anilines is 3. The highest BCUT2D eigenvalue weighted by molar-refractivity contribution is 5.58. The summed E-state index contributed by atoms with van der Waals surface area (Å²) in [5, 5.41) is 6.12. The van der Waals surface area contributed by atoms with Crippen LogP contribution < -0.4 is 15.4 Å². The highest BCUT2D eigenvalue weighted by Gasteiger charge is 2.04. The molecular formula is C14H17FN4O. The molecule has 2 aromatic rings. The predicted molar refractivity (Wildman–Crippen MR) is 77.0 cm³/mol. The minimum atomic E-state index is -0.420. The molecular weight excluding hydrogens is 259 g/mol. The van der Waals surface area contributed by atoms with Crippen molar-refractivity contribution in [2.45, 2.75) is 13.3 Å². The molecule has 0 radical (unpaired) electrons. The fraction of sp³-hybridized carbons (Fsp3) is 0.286. The van der Waals surface area contributed by atoms with Gasteiger partial charge in [0.25, 0.3) is 0 Å². The molecule has 0 aliphatic rings. The van der Waals surface area contributed by atoms with E-state index in [1.807, 2.05) is 0 Å². The normalized spacial score (nSPS) is 10.2. The summed E-state index contributed by atoms with van der Waals surface area (Å²) < 4.78 is 18.5. The zero-order valence-corrected chi connectivity index (χ0v) is 11.5. The van der Waals surface area contributed by atoms with Crippen molar-refractivity contribution in [3.63, 3.8) is 0 Å². The quantitative estimate of drug-likeness (QED) is 0.848. The lowest BCUT2D eigenvalue weighted by Gasteiger charge is -2.09. The van der Waals surface area contributed by atoms with Gasteiger partial charge in [0.05, 0.1) is 7.11 Å². The number of nitrogens with zero attached hydrogens (tertiary/aromatic N) is 2. The molecule has 0 saturated heterocycles. The lowest BCUT2D eigenvalue weighted by Crippen LogP contribution is -2.05. The van der Waals surface area contributed by atoms with Crippen molar-refractivity contribution in [3.8, 4) is 5.75 Å². The molecule has 106 valence electrons. The highest BCUT2D eigenvalue weighted by Crippen LogP contribution is 2.22. The smallest absolute Gasteiger partial charge is 0.224 e. The van der Waals surface area contributed by atoms with Gasteiger partial charge in [0, 0.05) is 24.5 Å². The van der Waals surface area contributed by atoms with Crippen molar-refractivity contribution in [2.24, 2.45) is 0 Å². The van der Waals surface area contributed by atoms with E-state index in [4.69, 9.17) is 4.74 Å². The van der Waals surface area contributed by atoms with Gasteiger partial charge >= 0.3 is 0 Å². The van der Waals surface area contributed by atoms with Gasteiger partial charge in [-0.15, -0.1) is 0 Å². The van der Waals surface area contributed by atoms with Crippen LogP contribution in [-0.2, 0) is 0 Å². The summed E-state index contributed by atoms with van der Waals surface area (Å²) in [6, 6.07) is 6.37. The molecule has 1 aromatic carbocycles. The van der Waals surface area contributed by atoms with Gasteiger partial charge in [-0.25, -0.2) is 9.37 Å². The largest absolute Gasteiger partial charge is 0.494 e. The number of hydrogen-bond acceptors (Lipinski definition) is 5. The van der Waals surface area contributed by atoms with E-state index in [0.29, 0.717) is 17.5 Å². The van der Waals surface area contributed by atoms with E-state index in [9.17, 15) is 4.39 Å².